The van der Waals surface area contributed by atoms with Crippen molar-refractivity contribution >= 4 is 16.5 Å². The molecule has 0 aliphatic carbocycles. The van der Waals surface area contributed by atoms with E-state index in [1.54, 1.807) is 6.07 Å². The Morgan fingerprint density at radius 2 is 2.13 bits per heavy atom. The van der Waals surface area contributed by atoms with Crippen LogP contribution in [0.15, 0.2) is 18.2 Å². The van der Waals surface area contributed by atoms with Crippen molar-refractivity contribution in [1.82, 2.24) is 0 Å². The molecule has 0 spiro atoms. The smallest absolute Gasteiger partial charge is 0.146 e. The van der Waals surface area contributed by atoms with Gasteiger partial charge in [-0.3, -0.25) is 4.21 Å². The van der Waals surface area contributed by atoms with Gasteiger partial charge in [-0.15, -0.1) is 0 Å². The fraction of sp³-hybridized carbons (Fsp3) is 0.455. The number of hydrogen-bond acceptors (Lipinski definition) is 2. The minimum absolute atomic E-state index is 0.133. The Kier molecular flexibility index (Phi) is 4.27. The molecule has 15 heavy (non-hydrogen) atoms. The van der Waals surface area contributed by atoms with E-state index >= 15 is 0 Å². The second-order valence-corrected chi connectivity index (χ2v) is 5.50. The Bertz CT molecular complexity index is 366. The van der Waals surface area contributed by atoms with Gasteiger partial charge in [0, 0.05) is 22.3 Å². The molecule has 0 bridgehead atoms. The van der Waals surface area contributed by atoms with Gasteiger partial charge in [0.1, 0.15) is 5.82 Å². The zero-order chi connectivity index (χ0) is 11.4. The third-order valence-corrected chi connectivity index (χ3v) is 3.61. The molecule has 1 aromatic rings. The van der Waals surface area contributed by atoms with Crippen LogP contribution >= 0.6 is 0 Å². The molecule has 4 heteroatoms. The van der Waals surface area contributed by atoms with Crippen molar-refractivity contribution < 1.29 is 8.60 Å². The van der Waals surface area contributed by atoms with Gasteiger partial charge < -0.3 is 5.73 Å². The maximum absolute atomic E-state index is 13.1. The van der Waals surface area contributed by atoms with Crippen LogP contribution in [-0.4, -0.2) is 9.96 Å². The summed E-state index contributed by atoms with van der Waals surface area (Å²) in [6.45, 7) is 4.03. The largest absolute Gasteiger partial charge is 0.396 e. The number of hydrogen-bond donors (Lipinski definition) is 1. The van der Waals surface area contributed by atoms with Gasteiger partial charge in [0.05, 0.1) is 5.69 Å². The minimum atomic E-state index is -0.923. The van der Waals surface area contributed by atoms with E-state index in [1.807, 2.05) is 13.8 Å². The average Bonchev–Trinajstić information content (AvgIpc) is 2.10. The Morgan fingerprint density at radius 3 is 2.67 bits per heavy atom. The van der Waals surface area contributed by atoms with E-state index in [9.17, 15) is 8.60 Å². The predicted molar refractivity (Wildman–Crippen MR) is 62.4 cm³/mol. The fourth-order valence-electron chi connectivity index (χ4n) is 1.28. The minimum Gasteiger partial charge on any atom is -0.396 e. The summed E-state index contributed by atoms with van der Waals surface area (Å²) in [6, 6.07) is 4.58. The van der Waals surface area contributed by atoms with Crippen LogP contribution in [0.4, 0.5) is 10.1 Å². The highest BCUT2D eigenvalue weighted by Gasteiger charge is 2.06. The first kappa shape index (κ1) is 12.2. The van der Waals surface area contributed by atoms with Crippen LogP contribution < -0.4 is 5.73 Å². The lowest BCUT2D eigenvalue weighted by Gasteiger charge is -2.06. The number of nitrogen functional groups attached to an aromatic ring is 1. The summed E-state index contributed by atoms with van der Waals surface area (Å²) in [5.41, 5.74) is 6.22. The highest BCUT2D eigenvalue weighted by Crippen LogP contribution is 2.14. The van der Waals surface area contributed by atoms with Crippen molar-refractivity contribution in [2.24, 2.45) is 5.92 Å². The van der Waals surface area contributed by atoms with Gasteiger partial charge in [-0.1, -0.05) is 19.9 Å². The van der Waals surface area contributed by atoms with Crippen LogP contribution in [0.5, 0.6) is 0 Å². The molecular formula is C11H16FNOS. The maximum atomic E-state index is 13.1. The Hall–Kier alpha value is -0.900. The summed E-state index contributed by atoms with van der Waals surface area (Å²) in [6.07, 6.45) is 0. The van der Waals surface area contributed by atoms with Gasteiger partial charge in [-0.25, -0.2) is 4.39 Å². The molecule has 0 saturated carbocycles. The third-order valence-electron chi connectivity index (χ3n) is 1.91. The molecule has 1 unspecified atom stereocenters. The van der Waals surface area contributed by atoms with Crippen LogP contribution in [0.25, 0.3) is 0 Å². The number of nitrogens with two attached hydrogens (primary N) is 1. The topological polar surface area (TPSA) is 43.1 Å². The molecule has 1 rings (SSSR count). The molecule has 0 amide bonds. The molecule has 0 aliphatic rings. The molecule has 0 fully saturated rings. The molecule has 1 atom stereocenters. The highest BCUT2D eigenvalue weighted by molar-refractivity contribution is 7.84. The van der Waals surface area contributed by atoms with E-state index in [1.165, 1.54) is 12.1 Å². The van der Waals surface area contributed by atoms with Crippen molar-refractivity contribution in [2.75, 3.05) is 11.5 Å². The van der Waals surface area contributed by atoms with Crippen LogP contribution in [0.2, 0.25) is 0 Å². The number of benzene rings is 1. The second kappa shape index (κ2) is 5.26. The predicted octanol–water partition coefficient (Wildman–Crippen LogP) is 2.31. The molecule has 0 aliphatic heterocycles. The van der Waals surface area contributed by atoms with Gasteiger partial charge in [0.15, 0.2) is 0 Å². The molecule has 84 valence electrons. The third kappa shape index (κ3) is 4.00. The Balaban J connectivity index is 2.65. The van der Waals surface area contributed by atoms with Crippen LogP contribution in [0.3, 0.4) is 0 Å². The van der Waals surface area contributed by atoms with Crippen molar-refractivity contribution in [2.45, 2.75) is 19.6 Å². The van der Waals surface area contributed by atoms with E-state index in [4.69, 9.17) is 5.73 Å². The second-order valence-electron chi connectivity index (χ2n) is 4.00. The van der Waals surface area contributed by atoms with E-state index in [0.717, 1.165) is 5.56 Å². The SMILES string of the molecule is CC(C)CS(=O)Cc1ccc(N)c(F)c1. The van der Waals surface area contributed by atoms with E-state index < -0.39 is 16.6 Å². The van der Waals surface area contributed by atoms with E-state index in [0.29, 0.717) is 17.4 Å². The lowest BCUT2D eigenvalue weighted by Crippen LogP contribution is -2.07. The van der Waals surface area contributed by atoms with Gasteiger partial charge in [0.2, 0.25) is 0 Å². The molecule has 2 N–H and O–H groups in total. The number of rotatable bonds is 4. The van der Waals surface area contributed by atoms with Gasteiger partial charge in [-0.2, -0.15) is 0 Å². The normalized spacial score (nSPS) is 13.1. The summed E-state index contributed by atoms with van der Waals surface area (Å²) in [5, 5.41) is 0. The van der Waals surface area contributed by atoms with Crippen molar-refractivity contribution in [3.8, 4) is 0 Å². The Morgan fingerprint density at radius 1 is 1.47 bits per heavy atom. The summed E-state index contributed by atoms with van der Waals surface area (Å²) in [4.78, 5) is 0. The quantitative estimate of drug-likeness (QED) is 0.805. The monoisotopic (exact) mass is 229 g/mol. The molecule has 0 saturated heterocycles. The zero-order valence-corrected chi connectivity index (χ0v) is 9.81. The molecule has 2 nitrogen and oxygen atoms in total. The van der Waals surface area contributed by atoms with Crippen molar-refractivity contribution in [3.63, 3.8) is 0 Å². The van der Waals surface area contributed by atoms with Gasteiger partial charge in [0.25, 0.3) is 0 Å². The first-order chi connectivity index (χ1) is 6.99. The van der Waals surface area contributed by atoms with E-state index in [2.05, 4.69) is 0 Å². The maximum Gasteiger partial charge on any atom is 0.146 e. The van der Waals surface area contributed by atoms with Crippen molar-refractivity contribution in [1.29, 1.82) is 0 Å². The molecule has 1 aromatic carbocycles. The standard InChI is InChI=1S/C11H16FNOS/c1-8(2)6-15(14)7-9-3-4-11(13)10(12)5-9/h3-5,8H,6-7,13H2,1-2H3. The van der Waals surface area contributed by atoms with Crippen LogP contribution in [0.1, 0.15) is 19.4 Å². The van der Waals surface area contributed by atoms with E-state index in [-0.39, 0.29) is 5.69 Å². The van der Waals surface area contributed by atoms with Gasteiger partial charge >= 0.3 is 0 Å². The summed E-state index contributed by atoms with van der Waals surface area (Å²) < 4.78 is 24.6. The first-order valence-corrected chi connectivity index (χ1v) is 6.36. The highest BCUT2D eigenvalue weighted by atomic mass is 32.2. The lowest BCUT2D eigenvalue weighted by molar-refractivity contribution is 0.631. The van der Waals surface area contributed by atoms with Crippen molar-refractivity contribution in [3.05, 3.63) is 29.6 Å². The molecule has 0 aromatic heterocycles. The molecule has 0 radical (unpaired) electrons. The summed E-state index contributed by atoms with van der Waals surface area (Å²) in [5.74, 6) is 1.000. The zero-order valence-electron chi connectivity index (χ0n) is 9.00. The number of halogens is 1. The summed E-state index contributed by atoms with van der Waals surface area (Å²) >= 11 is 0. The fourth-order valence-corrected chi connectivity index (χ4v) is 2.69. The van der Waals surface area contributed by atoms with Crippen LogP contribution in [-0.2, 0) is 16.6 Å². The van der Waals surface area contributed by atoms with Gasteiger partial charge in [-0.05, 0) is 23.6 Å². The molecular weight excluding hydrogens is 213 g/mol. The number of anilines is 1. The average molecular weight is 229 g/mol. The van der Waals surface area contributed by atoms with Crippen LogP contribution in [0, 0.1) is 11.7 Å². The Labute approximate surface area is 92.1 Å². The summed E-state index contributed by atoms with van der Waals surface area (Å²) in [7, 11) is -0.923. The first-order valence-electron chi connectivity index (χ1n) is 4.88. The molecule has 0 heterocycles. The lowest BCUT2D eigenvalue weighted by atomic mass is 10.2.